The first-order chi connectivity index (χ1) is 9.02. The number of hydrogen-bond acceptors (Lipinski definition) is 3. The van der Waals surface area contributed by atoms with E-state index in [1.54, 1.807) is 23.1 Å². The Morgan fingerprint density at radius 2 is 2.21 bits per heavy atom. The Bertz CT molecular complexity index is 481. The number of aliphatic hydroxyl groups excluding tert-OH is 1. The predicted octanol–water partition coefficient (Wildman–Crippen LogP) is 2.22. The van der Waals surface area contributed by atoms with Crippen LogP contribution in [-0.2, 0) is 4.74 Å². The van der Waals surface area contributed by atoms with Crippen molar-refractivity contribution < 1.29 is 14.6 Å². The maximum Gasteiger partial charge on any atom is 0.255 e. The second-order valence-corrected chi connectivity index (χ2v) is 5.35. The molecule has 4 nitrogen and oxygen atoms in total. The van der Waals surface area contributed by atoms with Gasteiger partial charge < -0.3 is 14.7 Å². The predicted molar refractivity (Wildman–Crippen MR) is 73.8 cm³/mol. The van der Waals surface area contributed by atoms with E-state index >= 15 is 0 Å². The summed E-state index contributed by atoms with van der Waals surface area (Å²) in [5.41, 5.74) is 0.375. The molecule has 1 aromatic carbocycles. The zero-order valence-electron chi connectivity index (χ0n) is 10.5. The van der Waals surface area contributed by atoms with E-state index < -0.39 is 0 Å². The molecule has 1 heterocycles. The van der Waals surface area contributed by atoms with Crippen molar-refractivity contribution in [3.05, 3.63) is 33.8 Å². The molecule has 0 saturated carbocycles. The fourth-order valence-electron chi connectivity index (χ4n) is 2.15. The summed E-state index contributed by atoms with van der Waals surface area (Å²) in [6.07, 6.45) is -0.474. The van der Waals surface area contributed by atoms with Crippen LogP contribution in [0.3, 0.4) is 0 Å². The number of carbonyl (C=O) groups is 1. The highest BCUT2D eigenvalue weighted by molar-refractivity contribution is 6.43. The van der Waals surface area contributed by atoms with Gasteiger partial charge in [0.15, 0.2) is 0 Å². The minimum atomic E-state index is -0.356. The number of rotatable bonds is 2. The largest absolute Gasteiger partial charge is 0.394 e. The van der Waals surface area contributed by atoms with Crippen LogP contribution in [0.25, 0.3) is 0 Å². The third kappa shape index (κ3) is 3.20. The van der Waals surface area contributed by atoms with Crippen molar-refractivity contribution in [3.8, 4) is 0 Å². The third-order valence-electron chi connectivity index (χ3n) is 3.00. The molecule has 1 amide bonds. The Balaban J connectivity index is 2.21. The van der Waals surface area contributed by atoms with Crippen LogP contribution in [0.5, 0.6) is 0 Å². The zero-order chi connectivity index (χ0) is 14.0. The molecule has 0 radical (unpaired) electrons. The fourth-order valence-corrected chi connectivity index (χ4v) is 2.53. The van der Waals surface area contributed by atoms with Gasteiger partial charge in [-0.05, 0) is 19.1 Å². The topological polar surface area (TPSA) is 49.8 Å². The van der Waals surface area contributed by atoms with Gasteiger partial charge in [-0.15, -0.1) is 0 Å². The fraction of sp³-hybridized carbons (Fsp3) is 0.462. The molecule has 1 fully saturated rings. The average Bonchev–Trinajstić information content (AvgIpc) is 2.40. The summed E-state index contributed by atoms with van der Waals surface area (Å²) < 4.78 is 5.50. The number of morpholine rings is 1. The number of carbonyl (C=O) groups excluding carboxylic acids is 1. The van der Waals surface area contributed by atoms with Crippen LogP contribution < -0.4 is 0 Å². The van der Waals surface area contributed by atoms with Crippen LogP contribution in [0.4, 0.5) is 0 Å². The van der Waals surface area contributed by atoms with E-state index in [1.807, 2.05) is 6.92 Å². The highest BCUT2D eigenvalue weighted by atomic mass is 35.5. The average molecular weight is 304 g/mol. The minimum absolute atomic E-state index is 0.114. The maximum absolute atomic E-state index is 12.4. The number of aliphatic hydroxyl groups is 1. The molecular formula is C13H15Cl2NO3. The molecule has 2 atom stereocenters. The number of benzene rings is 1. The zero-order valence-corrected chi connectivity index (χ0v) is 12.0. The van der Waals surface area contributed by atoms with E-state index in [4.69, 9.17) is 33.0 Å². The van der Waals surface area contributed by atoms with Crippen LogP contribution in [0, 0.1) is 0 Å². The van der Waals surface area contributed by atoms with Gasteiger partial charge in [0.2, 0.25) is 0 Å². The van der Waals surface area contributed by atoms with E-state index in [9.17, 15) is 4.79 Å². The highest BCUT2D eigenvalue weighted by Crippen LogP contribution is 2.27. The summed E-state index contributed by atoms with van der Waals surface area (Å²) >= 11 is 12.0. The number of ether oxygens (including phenoxy) is 1. The van der Waals surface area contributed by atoms with E-state index in [2.05, 4.69) is 0 Å². The SMILES string of the molecule is CC1CN(C(=O)c2cccc(Cl)c2Cl)CC(CO)O1. The van der Waals surface area contributed by atoms with Gasteiger partial charge in [-0.2, -0.15) is 0 Å². The minimum Gasteiger partial charge on any atom is -0.394 e. The summed E-state index contributed by atoms with van der Waals surface area (Å²) in [6, 6.07) is 4.97. The van der Waals surface area contributed by atoms with Gasteiger partial charge in [0, 0.05) is 13.1 Å². The second-order valence-electron chi connectivity index (χ2n) is 4.56. The number of hydrogen-bond donors (Lipinski definition) is 1. The van der Waals surface area contributed by atoms with Crippen LogP contribution in [-0.4, -0.2) is 47.8 Å². The Hall–Kier alpha value is -0.810. The van der Waals surface area contributed by atoms with Gasteiger partial charge in [-0.25, -0.2) is 0 Å². The molecule has 2 unspecified atom stereocenters. The number of amides is 1. The van der Waals surface area contributed by atoms with Crippen molar-refractivity contribution in [1.82, 2.24) is 4.90 Å². The molecule has 1 saturated heterocycles. The Labute approximate surface area is 121 Å². The summed E-state index contributed by atoms with van der Waals surface area (Å²) in [4.78, 5) is 14.1. The van der Waals surface area contributed by atoms with Crippen molar-refractivity contribution in [2.24, 2.45) is 0 Å². The lowest BCUT2D eigenvalue weighted by atomic mass is 10.1. The van der Waals surface area contributed by atoms with Crippen molar-refractivity contribution in [2.45, 2.75) is 19.1 Å². The van der Waals surface area contributed by atoms with Gasteiger partial charge in [-0.1, -0.05) is 29.3 Å². The molecule has 0 spiro atoms. The van der Waals surface area contributed by atoms with Crippen molar-refractivity contribution in [1.29, 1.82) is 0 Å². The molecular weight excluding hydrogens is 289 g/mol. The summed E-state index contributed by atoms with van der Waals surface area (Å²) in [7, 11) is 0. The summed E-state index contributed by atoms with van der Waals surface area (Å²) in [5.74, 6) is -0.193. The van der Waals surface area contributed by atoms with Crippen molar-refractivity contribution >= 4 is 29.1 Å². The summed E-state index contributed by atoms with van der Waals surface area (Å²) in [6.45, 7) is 2.57. The van der Waals surface area contributed by atoms with Gasteiger partial charge in [0.1, 0.15) is 0 Å². The molecule has 1 N–H and O–H groups in total. The van der Waals surface area contributed by atoms with E-state index in [0.29, 0.717) is 23.7 Å². The highest BCUT2D eigenvalue weighted by Gasteiger charge is 2.29. The lowest BCUT2D eigenvalue weighted by Gasteiger charge is -2.36. The molecule has 0 bridgehead atoms. The van der Waals surface area contributed by atoms with Crippen molar-refractivity contribution in [2.75, 3.05) is 19.7 Å². The second kappa shape index (κ2) is 6.09. The monoisotopic (exact) mass is 303 g/mol. The number of nitrogens with zero attached hydrogens (tertiary/aromatic N) is 1. The number of halogens is 2. The Morgan fingerprint density at radius 1 is 1.47 bits per heavy atom. The normalized spacial score (nSPS) is 23.5. The standard InChI is InChI=1S/C13H15Cl2NO3/c1-8-5-16(6-9(7-17)19-8)13(18)10-3-2-4-11(14)12(10)15/h2-4,8-9,17H,5-7H2,1H3. The Kier molecular flexibility index (Phi) is 4.68. The molecule has 1 aromatic rings. The molecule has 0 aromatic heterocycles. The van der Waals surface area contributed by atoms with Gasteiger partial charge >= 0.3 is 0 Å². The van der Waals surface area contributed by atoms with Crippen LogP contribution >= 0.6 is 23.2 Å². The summed E-state index contributed by atoms with van der Waals surface area (Å²) in [5, 5.41) is 9.78. The van der Waals surface area contributed by atoms with E-state index in [-0.39, 0.29) is 29.7 Å². The van der Waals surface area contributed by atoms with Crippen LogP contribution in [0.15, 0.2) is 18.2 Å². The lowest BCUT2D eigenvalue weighted by Crippen LogP contribution is -2.50. The first-order valence-electron chi connectivity index (χ1n) is 6.02. The first kappa shape index (κ1) is 14.6. The molecule has 6 heteroatoms. The van der Waals surface area contributed by atoms with Crippen LogP contribution in [0.1, 0.15) is 17.3 Å². The third-order valence-corrected chi connectivity index (χ3v) is 3.82. The van der Waals surface area contributed by atoms with Gasteiger partial charge in [0.25, 0.3) is 5.91 Å². The molecule has 104 valence electrons. The van der Waals surface area contributed by atoms with E-state index in [0.717, 1.165) is 0 Å². The molecule has 19 heavy (non-hydrogen) atoms. The quantitative estimate of drug-likeness (QED) is 0.911. The first-order valence-corrected chi connectivity index (χ1v) is 6.78. The smallest absolute Gasteiger partial charge is 0.255 e. The molecule has 0 aliphatic carbocycles. The van der Waals surface area contributed by atoms with Crippen LogP contribution in [0.2, 0.25) is 10.0 Å². The molecule has 1 aliphatic heterocycles. The van der Waals surface area contributed by atoms with Crippen molar-refractivity contribution in [3.63, 3.8) is 0 Å². The van der Waals surface area contributed by atoms with E-state index in [1.165, 1.54) is 0 Å². The molecule has 2 rings (SSSR count). The van der Waals surface area contributed by atoms with Gasteiger partial charge in [0.05, 0.1) is 34.4 Å². The Morgan fingerprint density at radius 3 is 2.89 bits per heavy atom. The molecule has 1 aliphatic rings. The lowest BCUT2D eigenvalue weighted by molar-refractivity contribution is -0.0858. The van der Waals surface area contributed by atoms with Gasteiger partial charge in [-0.3, -0.25) is 4.79 Å². The maximum atomic E-state index is 12.4.